The predicted molar refractivity (Wildman–Crippen MR) is 81.7 cm³/mol. The minimum absolute atomic E-state index is 0.0547. The molecule has 110 valence electrons. The molecule has 0 aromatic carbocycles. The number of aryl methyl sites for hydroxylation is 2. The fourth-order valence-corrected chi connectivity index (χ4v) is 2.72. The second kappa shape index (κ2) is 6.32. The SMILES string of the molecule is Cc1cc(C(=O)NC2CCN(CC(N)=S)CC2)n(C)n1. The topological polar surface area (TPSA) is 76.2 Å². The van der Waals surface area contributed by atoms with Crippen LogP contribution in [0.25, 0.3) is 0 Å². The van der Waals surface area contributed by atoms with Crippen molar-refractivity contribution in [3.8, 4) is 0 Å². The number of nitrogens with one attached hydrogen (secondary N) is 1. The Morgan fingerprint density at radius 2 is 2.20 bits per heavy atom. The lowest BCUT2D eigenvalue weighted by Gasteiger charge is -2.31. The minimum Gasteiger partial charge on any atom is -0.392 e. The number of hydrogen-bond acceptors (Lipinski definition) is 4. The van der Waals surface area contributed by atoms with Crippen LogP contribution in [-0.2, 0) is 7.05 Å². The number of rotatable bonds is 4. The fraction of sp³-hybridized carbons (Fsp3) is 0.615. The van der Waals surface area contributed by atoms with E-state index in [1.165, 1.54) is 0 Å². The lowest BCUT2D eigenvalue weighted by Crippen LogP contribution is -2.46. The Balaban J connectivity index is 1.85. The van der Waals surface area contributed by atoms with Crippen molar-refractivity contribution >= 4 is 23.1 Å². The van der Waals surface area contributed by atoms with E-state index in [0.29, 0.717) is 17.2 Å². The molecule has 1 aromatic heterocycles. The highest BCUT2D eigenvalue weighted by Gasteiger charge is 2.22. The standard InChI is InChI=1S/C13H21N5OS/c1-9-7-11(17(2)16-9)13(19)15-10-3-5-18(6-4-10)8-12(14)20/h7,10H,3-6,8H2,1-2H3,(H2,14,20)(H,15,19). The van der Waals surface area contributed by atoms with Crippen molar-refractivity contribution in [3.05, 3.63) is 17.5 Å². The number of carbonyl (C=O) groups excluding carboxylic acids is 1. The molecule has 1 amide bonds. The van der Waals surface area contributed by atoms with E-state index in [2.05, 4.69) is 15.3 Å². The molecule has 1 aromatic rings. The van der Waals surface area contributed by atoms with Crippen LogP contribution in [0.4, 0.5) is 0 Å². The smallest absolute Gasteiger partial charge is 0.269 e. The number of aromatic nitrogens is 2. The summed E-state index contributed by atoms with van der Waals surface area (Å²) in [5.41, 5.74) is 7.00. The number of carbonyl (C=O) groups is 1. The molecule has 0 unspecified atom stereocenters. The van der Waals surface area contributed by atoms with Crippen LogP contribution in [0.1, 0.15) is 29.0 Å². The first-order chi connectivity index (χ1) is 9.45. The number of nitrogens with two attached hydrogens (primary N) is 1. The van der Waals surface area contributed by atoms with Gasteiger partial charge < -0.3 is 11.1 Å². The maximum absolute atomic E-state index is 12.2. The summed E-state index contributed by atoms with van der Waals surface area (Å²) in [5.74, 6) is -0.0547. The van der Waals surface area contributed by atoms with E-state index >= 15 is 0 Å². The van der Waals surface area contributed by atoms with E-state index in [1.54, 1.807) is 17.8 Å². The van der Waals surface area contributed by atoms with Crippen molar-refractivity contribution in [2.75, 3.05) is 19.6 Å². The molecule has 7 heteroatoms. The van der Waals surface area contributed by atoms with Gasteiger partial charge in [-0.3, -0.25) is 14.4 Å². The number of nitrogens with zero attached hydrogens (tertiary/aromatic N) is 3. The molecule has 0 aliphatic carbocycles. The van der Waals surface area contributed by atoms with E-state index in [1.807, 2.05) is 6.92 Å². The normalized spacial score (nSPS) is 17.1. The first kappa shape index (κ1) is 14.9. The van der Waals surface area contributed by atoms with Gasteiger partial charge in [0.05, 0.1) is 10.7 Å². The first-order valence-electron chi connectivity index (χ1n) is 6.78. The monoisotopic (exact) mass is 295 g/mol. The van der Waals surface area contributed by atoms with Gasteiger partial charge in [0.15, 0.2) is 0 Å². The molecular formula is C13H21N5OS. The van der Waals surface area contributed by atoms with Crippen molar-refractivity contribution in [1.29, 1.82) is 0 Å². The number of likely N-dealkylation sites (tertiary alicyclic amines) is 1. The molecule has 2 rings (SSSR count). The lowest BCUT2D eigenvalue weighted by atomic mass is 10.0. The number of hydrogen-bond donors (Lipinski definition) is 2. The molecule has 1 fully saturated rings. The summed E-state index contributed by atoms with van der Waals surface area (Å²) in [4.78, 5) is 14.9. The first-order valence-corrected chi connectivity index (χ1v) is 7.18. The molecule has 0 radical (unpaired) electrons. The minimum atomic E-state index is -0.0547. The van der Waals surface area contributed by atoms with Crippen LogP contribution in [0, 0.1) is 6.92 Å². The quantitative estimate of drug-likeness (QED) is 0.777. The maximum Gasteiger partial charge on any atom is 0.269 e. The van der Waals surface area contributed by atoms with Gasteiger partial charge in [-0.05, 0) is 25.8 Å². The summed E-state index contributed by atoms with van der Waals surface area (Å²) >= 11 is 4.91. The number of amides is 1. The van der Waals surface area contributed by atoms with Crippen LogP contribution in [0.5, 0.6) is 0 Å². The Bertz CT molecular complexity index is 505. The maximum atomic E-state index is 12.2. The highest BCUT2D eigenvalue weighted by molar-refractivity contribution is 7.80. The van der Waals surface area contributed by atoms with Crippen molar-refractivity contribution < 1.29 is 4.79 Å². The molecule has 0 bridgehead atoms. The Kier molecular flexibility index (Phi) is 4.72. The third kappa shape index (κ3) is 3.77. The second-order valence-corrected chi connectivity index (χ2v) is 5.81. The van der Waals surface area contributed by atoms with Crippen LogP contribution in [0.3, 0.4) is 0 Å². The Morgan fingerprint density at radius 3 is 2.70 bits per heavy atom. The van der Waals surface area contributed by atoms with Crippen LogP contribution in [0.15, 0.2) is 6.07 Å². The van der Waals surface area contributed by atoms with Crippen LogP contribution < -0.4 is 11.1 Å². The van der Waals surface area contributed by atoms with Gasteiger partial charge in [0.1, 0.15) is 5.69 Å². The van der Waals surface area contributed by atoms with Gasteiger partial charge in [-0.15, -0.1) is 0 Å². The summed E-state index contributed by atoms with van der Waals surface area (Å²) in [6.45, 7) is 4.36. The molecule has 0 spiro atoms. The summed E-state index contributed by atoms with van der Waals surface area (Å²) in [6, 6.07) is 2.01. The molecule has 1 saturated heterocycles. The summed E-state index contributed by atoms with van der Waals surface area (Å²) in [5, 5.41) is 7.26. The van der Waals surface area contributed by atoms with Crippen molar-refractivity contribution in [2.24, 2.45) is 12.8 Å². The predicted octanol–water partition coefficient (Wildman–Crippen LogP) is 0.209. The van der Waals surface area contributed by atoms with Crippen molar-refractivity contribution in [1.82, 2.24) is 20.0 Å². The average molecular weight is 295 g/mol. The van der Waals surface area contributed by atoms with Gasteiger partial charge in [0, 0.05) is 32.7 Å². The van der Waals surface area contributed by atoms with Gasteiger partial charge in [0.25, 0.3) is 5.91 Å². The van der Waals surface area contributed by atoms with Crippen LogP contribution >= 0.6 is 12.2 Å². The fourth-order valence-electron chi connectivity index (χ4n) is 2.54. The zero-order valence-corrected chi connectivity index (χ0v) is 12.7. The summed E-state index contributed by atoms with van der Waals surface area (Å²) < 4.78 is 1.62. The Morgan fingerprint density at radius 1 is 1.55 bits per heavy atom. The molecule has 0 atom stereocenters. The van der Waals surface area contributed by atoms with E-state index in [-0.39, 0.29) is 11.9 Å². The van der Waals surface area contributed by atoms with Gasteiger partial charge >= 0.3 is 0 Å². The average Bonchev–Trinajstić information content (AvgIpc) is 2.70. The van der Waals surface area contributed by atoms with Crippen LogP contribution in [0.2, 0.25) is 0 Å². The summed E-state index contributed by atoms with van der Waals surface area (Å²) in [6.07, 6.45) is 1.84. The molecule has 1 aliphatic rings. The Labute approximate surface area is 124 Å². The molecular weight excluding hydrogens is 274 g/mol. The second-order valence-electron chi connectivity index (χ2n) is 5.28. The molecule has 1 aliphatic heterocycles. The molecule has 0 saturated carbocycles. The zero-order chi connectivity index (χ0) is 14.7. The Hall–Kier alpha value is -1.47. The lowest BCUT2D eigenvalue weighted by molar-refractivity contribution is 0.0905. The van der Waals surface area contributed by atoms with E-state index in [0.717, 1.165) is 31.6 Å². The van der Waals surface area contributed by atoms with Gasteiger partial charge in [0.2, 0.25) is 0 Å². The molecule has 3 N–H and O–H groups in total. The number of piperidine rings is 1. The van der Waals surface area contributed by atoms with Crippen molar-refractivity contribution in [3.63, 3.8) is 0 Å². The van der Waals surface area contributed by atoms with Crippen LogP contribution in [-0.4, -0.2) is 51.3 Å². The van der Waals surface area contributed by atoms with Gasteiger partial charge in [-0.2, -0.15) is 5.10 Å². The van der Waals surface area contributed by atoms with E-state index < -0.39 is 0 Å². The van der Waals surface area contributed by atoms with E-state index in [9.17, 15) is 4.79 Å². The van der Waals surface area contributed by atoms with Gasteiger partial charge in [-0.1, -0.05) is 12.2 Å². The summed E-state index contributed by atoms with van der Waals surface area (Å²) in [7, 11) is 1.78. The zero-order valence-electron chi connectivity index (χ0n) is 11.9. The number of thiocarbonyl (C=S) groups is 1. The molecule has 20 heavy (non-hydrogen) atoms. The molecule has 6 nitrogen and oxygen atoms in total. The van der Waals surface area contributed by atoms with Gasteiger partial charge in [-0.25, -0.2) is 0 Å². The largest absolute Gasteiger partial charge is 0.392 e. The third-order valence-electron chi connectivity index (χ3n) is 3.54. The highest BCUT2D eigenvalue weighted by atomic mass is 32.1. The van der Waals surface area contributed by atoms with E-state index in [4.69, 9.17) is 18.0 Å². The molecule has 2 heterocycles. The third-order valence-corrected chi connectivity index (χ3v) is 3.67. The highest BCUT2D eigenvalue weighted by Crippen LogP contribution is 2.11. The van der Waals surface area contributed by atoms with Crippen molar-refractivity contribution in [2.45, 2.75) is 25.8 Å².